The largest absolute Gasteiger partial charge is 0.501 e. The average Bonchev–Trinajstić information content (AvgIpc) is 2.50. The lowest BCUT2D eigenvalue weighted by Crippen LogP contribution is -2.49. The summed E-state index contributed by atoms with van der Waals surface area (Å²) >= 11 is 0. The summed E-state index contributed by atoms with van der Waals surface area (Å²) in [5.74, 6) is -0.0761. The van der Waals surface area contributed by atoms with E-state index >= 15 is 0 Å². The van der Waals surface area contributed by atoms with Gasteiger partial charge in [-0.05, 0) is 6.07 Å². The molecule has 0 bridgehead atoms. The van der Waals surface area contributed by atoms with Gasteiger partial charge >= 0.3 is 10.4 Å². The Balaban J connectivity index is 2.57. The summed E-state index contributed by atoms with van der Waals surface area (Å²) in [5.41, 5.74) is 9.76. The first-order valence-electron chi connectivity index (χ1n) is 4.32. The maximum absolute atomic E-state index is 11.1. The van der Waals surface area contributed by atoms with E-state index in [4.69, 9.17) is 16.6 Å². The molecule has 0 atom stereocenters. The van der Waals surface area contributed by atoms with E-state index < -0.39 is 22.7 Å². The Hall–Kier alpha value is -1.35. The van der Waals surface area contributed by atoms with Crippen LogP contribution < -0.4 is 19.8 Å². The summed E-state index contributed by atoms with van der Waals surface area (Å²) in [6.45, 7) is -0.563. The van der Waals surface area contributed by atoms with Crippen LogP contribution in [-0.2, 0) is 16.1 Å². The van der Waals surface area contributed by atoms with Crippen molar-refractivity contribution >= 4 is 10.4 Å². The minimum atomic E-state index is -4.09. The van der Waals surface area contributed by atoms with Gasteiger partial charge in [-0.25, -0.2) is 0 Å². The van der Waals surface area contributed by atoms with Crippen LogP contribution in [-0.4, -0.2) is 20.1 Å². The highest BCUT2D eigenvalue weighted by Gasteiger charge is 2.36. The zero-order chi connectivity index (χ0) is 12.0. The molecule has 0 amide bonds. The molecule has 0 spiro atoms. The van der Waals surface area contributed by atoms with Gasteiger partial charge in [-0.15, -0.1) is 8.42 Å². The van der Waals surface area contributed by atoms with Gasteiger partial charge in [-0.2, -0.15) is 0 Å². The predicted molar refractivity (Wildman–Crippen MR) is 53.8 cm³/mol. The van der Waals surface area contributed by atoms with Crippen molar-refractivity contribution in [2.24, 2.45) is 11.5 Å². The molecule has 7 nitrogen and oxygen atoms in total. The highest BCUT2D eigenvalue weighted by molar-refractivity contribution is 7.82. The zero-order valence-corrected chi connectivity index (χ0v) is 8.90. The molecule has 88 valence electrons. The van der Waals surface area contributed by atoms with E-state index in [0.29, 0.717) is 0 Å². The molecule has 1 aromatic rings. The minimum absolute atomic E-state index is 0.00576. The van der Waals surface area contributed by atoms with Gasteiger partial charge < -0.3 is 24.9 Å². The molecule has 0 saturated carbocycles. The number of hydrogen-bond acceptors (Lipinski definition) is 7. The Morgan fingerprint density at radius 2 is 2.00 bits per heavy atom. The Kier molecular flexibility index (Phi) is 2.31. The van der Waals surface area contributed by atoms with Crippen LogP contribution in [0.25, 0.3) is 0 Å². The average molecular weight is 246 g/mol. The molecule has 1 aromatic carbocycles. The minimum Gasteiger partial charge on any atom is -0.393 e. The number of para-hydroxylation sites is 1. The third kappa shape index (κ3) is 1.71. The first-order chi connectivity index (χ1) is 7.36. The van der Waals surface area contributed by atoms with Crippen LogP contribution in [0, 0.1) is 0 Å². The van der Waals surface area contributed by atoms with Crippen LogP contribution in [0.4, 0.5) is 0 Å². The number of benzene rings is 1. The summed E-state index contributed by atoms with van der Waals surface area (Å²) < 4.78 is 31.3. The molecule has 5 N–H and O–H groups in total. The molecule has 0 radical (unpaired) electrons. The van der Waals surface area contributed by atoms with Crippen LogP contribution in [0.3, 0.4) is 0 Å². The molecule has 0 aromatic heterocycles. The number of nitrogens with two attached hydrogens (primary N) is 2. The molecular formula is C8H10N2O5S. The summed E-state index contributed by atoms with van der Waals surface area (Å²) in [5, 5.41) is 9.01. The predicted octanol–water partition coefficient (Wildman–Crippen LogP) is -1.23. The smallest absolute Gasteiger partial charge is 0.393 e. The van der Waals surface area contributed by atoms with Gasteiger partial charge in [0, 0.05) is 5.56 Å². The molecule has 8 heteroatoms. The van der Waals surface area contributed by atoms with E-state index in [2.05, 4.69) is 8.37 Å². The molecule has 1 aliphatic rings. The van der Waals surface area contributed by atoms with Crippen molar-refractivity contribution in [3.63, 3.8) is 0 Å². The molecule has 0 aliphatic carbocycles. The number of hydrogen-bond donors (Lipinski definition) is 3. The SMILES string of the molecule is NC(N)(CO)c1cccc2c1OS(=O)(=O)O2. The van der Waals surface area contributed by atoms with E-state index in [9.17, 15) is 8.42 Å². The Labute approximate surface area is 91.9 Å². The van der Waals surface area contributed by atoms with E-state index in [0.717, 1.165) is 0 Å². The monoisotopic (exact) mass is 246 g/mol. The fraction of sp³-hybridized carbons (Fsp3) is 0.250. The lowest BCUT2D eigenvalue weighted by atomic mass is 10.0. The molecule has 0 saturated heterocycles. The highest BCUT2D eigenvalue weighted by atomic mass is 32.3. The third-order valence-corrected chi connectivity index (χ3v) is 2.87. The second-order valence-corrected chi connectivity index (χ2v) is 4.56. The number of aliphatic hydroxyl groups excluding tert-OH is 1. The Bertz CT molecular complexity index is 525. The fourth-order valence-electron chi connectivity index (χ4n) is 1.35. The zero-order valence-electron chi connectivity index (χ0n) is 8.08. The van der Waals surface area contributed by atoms with E-state index in [1.54, 1.807) is 0 Å². The topological polar surface area (TPSA) is 125 Å². The first-order valence-corrected chi connectivity index (χ1v) is 5.65. The number of rotatable bonds is 2. The van der Waals surface area contributed by atoms with Crippen molar-refractivity contribution in [3.8, 4) is 11.5 Å². The van der Waals surface area contributed by atoms with Crippen molar-refractivity contribution in [2.75, 3.05) is 6.61 Å². The van der Waals surface area contributed by atoms with Gasteiger partial charge in [0.25, 0.3) is 0 Å². The second-order valence-electron chi connectivity index (χ2n) is 3.41. The van der Waals surface area contributed by atoms with Crippen LogP contribution in [0.15, 0.2) is 18.2 Å². The van der Waals surface area contributed by atoms with Crippen LogP contribution in [0.5, 0.6) is 11.5 Å². The van der Waals surface area contributed by atoms with Crippen molar-refractivity contribution in [3.05, 3.63) is 23.8 Å². The summed E-state index contributed by atoms with van der Waals surface area (Å²) in [4.78, 5) is 0. The van der Waals surface area contributed by atoms with Crippen molar-refractivity contribution < 1.29 is 21.9 Å². The summed E-state index contributed by atoms with van der Waals surface area (Å²) in [7, 11) is -4.09. The van der Waals surface area contributed by atoms with Crippen LogP contribution in [0.1, 0.15) is 5.56 Å². The lowest BCUT2D eigenvalue weighted by Gasteiger charge is -2.22. The fourth-order valence-corrected chi connectivity index (χ4v) is 2.11. The van der Waals surface area contributed by atoms with Crippen molar-refractivity contribution in [1.82, 2.24) is 0 Å². The Morgan fingerprint density at radius 3 is 2.62 bits per heavy atom. The molecule has 0 fully saturated rings. The van der Waals surface area contributed by atoms with Crippen LogP contribution >= 0.6 is 0 Å². The standard InChI is InChI=1S/C8H10N2O5S/c9-8(10,4-11)5-2-1-3-6-7(5)15-16(12,13)14-6/h1-3,11H,4,9-10H2. The lowest BCUT2D eigenvalue weighted by molar-refractivity contribution is 0.199. The third-order valence-electron chi connectivity index (χ3n) is 2.12. The molecule has 0 unspecified atom stereocenters. The maximum Gasteiger partial charge on any atom is 0.501 e. The summed E-state index contributed by atoms with van der Waals surface area (Å²) in [6, 6.07) is 4.36. The highest BCUT2D eigenvalue weighted by Crippen LogP contribution is 2.40. The molecule has 2 rings (SSSR count). The molecular weight excluding hydrogens is 236 g/mol. The molecule has 1 aliphatic heterocycles. The maximum atomic E-state index is 11.1. The van der Waals surface area contributed by atoms with E-state index in [1.165, 1.54) is 18.2 Å². The quantitative estimate of drug-likeness (QED) is 0.557. The van der Waals surface area contributed by atoms with Gasteiger partial charge in [-0.1, -0.05) is 12.1 Å². The first kappa shape index (κ1) is 11.1. The van der Waals surface area contributed by atoms with Crippen molar-refractivity contribution in [2.45, 2.75) is 5.66 Å². The van der Waals surface area contributed by atoms with Gasteiger partial charge in [0.1, 0.15) is 5.66 Å². The number of fused-ring (bicyclic) bond motifs is 1. The van der Waals surface area contributed by atoms with E-state index in [1.807, 2.05) is 0 Å². The second kappa shape index (κ2) is 3.32. The van der Waals surface area contributed by atoms with Gasteiger partial charge in [-0.3, -0.25) is 0 Å². The van der Waals surface area contributed by atoms with Gasteiger partial charge in [0.15, 0.2) is 11.5 Å². The normalized spacial score (nSPS) is 17.4. The summed E-state index contributed by atoms with van der Waals surface area (Å²) in [6.07, 6.45) is 0. The van der Waals surface area contributed by atoms with Gasteiger partial charge in [0.05, 0.1) is 6.61 Å². The van der Waals surface area contributed by atoms with Crippen LogP contribution in [0.2, 0.25) is 0 Å². The molecule has 1 heterocycles. The Morgan fingerprint density at radius 1 is 1.31 bits per heavy atom. The van der Waals surface area contributed by atoms with Gasteiger partial charge in [0.2, 0.25) is 0 Å². The molecule has 16 heavy (non-hydrogen) atoms. The van der Waals surface area contributed by atoms with Crippen molar-refractivity contribution in [1.29, 1.82) is 0 Å². The van der Waals surface area contributed by atoms with E-state index in [-0.39, 0.29) is 17.1 Å². The number of aliphatic hydroxyl groups is 1.